The van der Waals surface area contributed by atoms with E-state index in [2.05, 4.69) is 17.2 Å². The molecule has 2 aromatic rings. The van der Waals surface area contributed by atoms with Gasteiger partial charge in [0.05, 0.1) is 6.04 Å². The van der Waals surface area contributed by atoms with Gasteiger partial charge in [-0.15, -0.1) is 11.3 Å². The summed E-state index contributed by atoms with van der Waals surface area (Å²) in [6, 6.07) is 4.49. The lowest BCUT2D eigenvalue weighted by atomic mass is 10.2. The second-order valence-electron chi connectivity index (χ2n) is 4.16. The number of benzene rings is 1. The van der Waals surface area contributed by atoms with Crippen LogP contribution in [-0.4, -0.2) is 4.98 Å². The third-order valence-electron chi connectivity index (χ3n) is 2.59. The molecule has 0 aliphatic rings. The molecule has 2 rings (SSSR count). The van der Waals surface area contributed by atoms with Crippen molar-refractivity contribution >= 4 is 22.7 Å². The molecule has 0 aliphatic heterocycles. The van der Waals surface area contributed by atoms with Gasteiger partial charge in [-0.25, -0.2) is 9.37 Å². The molecule has 0 amide bonds. The van der Waals surface area contributed by atoms with Gasteiger partial charge in [-0.05, 0) is 31.5 Å². The maximum Gasteiger partial charge on any atom is 0.127 e. The molecule has 0 spiro atoms. The van der Waals surface area contributed by atoms with E-state index in [0.29, 0.717) is 11.4 Å². The Kier molecular flexibility index (Phi) is 3.81. The van der Waals surface area contributed by atoms with E-state index in [1.54, 1.807) is 17.4 Å². The van der Waals surface area contributed by atoms with E-state index in [1.807, 2.05) is 13.1 Å². The number of anilines is 2. The van der Waals surface area contributed by atoms with Crippen molar-refractivity contribution in [1.29, 1.82) is 0 Å². The van der Waals surface area contributed by atoms with E-state index in [1.165, 1.54) is 17.0 Å². The summed E-state index contributed by atoms with van der Waals surface area (Å²) in [4.78, 5) is 5.61. The Morgan fingerprint density at radius 2 is 2.22 bits per heavy atom. The molecular formula is C13H16FN3S. The number of thiazole rings is 1. The highest BCUT2D eigenvalue weighted by atomic mass is 32.1. The zero-order valence-corrected chi connectivity index (χ0v) is 11.2. The normalized spacial score (nSPS) is 12.4. The van der Waals surface area contributed by atoms with Crippen LogP contribution in [0.3, 0.4) is 0 Å². The summed E-state index contributed by atoms with van der Waals surface area (Å²) < 4.78 is 13.2. The fourth-order valence-electron chi connectivity index (χ4n) is 1.69. The van der Waals surface area contributed by atoms with Crippen molar-refractivity contribution in [3.05, 3.63) is 40.1 Å². The fraction of sp³-hybridized carbons (Fsp3) is 0.308. The first-order chi connectivity index (χ1) is 8.58. The van der Waals surface area contributed by atoms with Crippen LogP contribution in [-0.2, 0) is 6.42 Å². The molecule has 0 fully saturated rings. The number of aromatic nitrogens is 1. The first-order valence-electron chi connectivity index (χ1n) is 5.85. The van der Waals surface area contributed by atoms with E-state index < -0.39 is 0 Å². The third-order valence-corrected chi connectivity index (χ3v) is 3.92. The summed E-state index contributed by atoms with van der Waals surface area (Å²) in [5.41, 5.74) is 6.70. The van der Waals surface area contributed by atoms with Crippen molar-refractivity contribution in [3.63, 3.8) is 0 Å². The van der Waals surface area contributed by atoms with Crippen LogP contribution in [0.25, 0.3) is 0 Å². The maximum atomic E-state index is 13.2. The maximum absolute atomic E-state index is 13.2. The zero-order valence-electron chi connectivity index (χ0n) is 10.4. The summed E-state index contributed by atoms with van der Waals surface area (Å²) in [6.07, 6.45) is 2.87. The van der Waals surface area contributed by atoms with Crippen molar-refractivity contribution < 1.29 is 4.39 Å². The Hall–Kier alpha value is -1.62. The third kappa shape index (κ3) is 2.98. The van der Waals surface area contributed by atoms with Crippen LogP contribution < -0.4 is 11.1 Å². The summed E-state index contributed by atoms with van der Waals surface area (Å²) in [6.45, 7) is 4.10. The number of aryl methyl sites for hydroxylation is 1. The van der Waals surface area contributed by atoms with Gasteiger partial charge in [0.1, 0.15) is 10.8 Å². The second kappa shape index (κ2) is 5.35. The van der Waals surface area contributed by atoms with Crippen molar-refractivity contribution in [2.75, 3.05) is 11.1 Å². The molecule has 5 heteroatoms. The highest BCUT2D eigenvalue weighted by Crippen LogP contribution is 2.25. The lowest BCUT2D eigenvalue weighted by Crippen LogP contribution is -2.06. The molecule has 0 bridgehead atoms. The number of nitrogens with zero attached hydrogens (tertiary/aromatic N) is 1. The molecule has 1 aromatic heterocycles. The average molecular weight is 265 g/mol. The van der Waals surface area contributed by atoms with E-state index in [0.717, 1.165) is 11.4 Å². The van der Waals surface area contributed by atoms with E-state index in [-0.39, 0.29) is 11.9 Å². The van der Waals surface area contributed by atoms with Crippen LogP contribution >= 0.6 is 11.3 Å². The topological polar surface area (TPSA) is 50.9 Å². The number of hydrogen-bond acceptors (Lipinski definition) is 4. The standard InChI is InChI=1S/C13H16FN3S/c1-3-12-7-16-13(18-12)8(2)17-11-5-9(14)4-10(15)6-11/h4-8,17H,3,15H2,1-2H3. The lowest BCUT2D eigenvalue weighted by Gasteiger charge is -2.13. The predicted octanol–water partition coefficient (Wildman–Crippen LogP) is 3.60. The molecule has 18 heavy (non-hydrogen) atoms. The zero-order chi connectivity index (χ0) is 13.1. The second-order valence-corrected chi connectivity index (χ2v) is 5.30. The Morgan fingerprint density at radius 3 is 2.83 bits per heavy atom. The minimum atomic E-state index is -0.335. The van der Waals surface area contributed by atoms with Crippen molar-refractivity contribution in [2.45, 2.75) is 26.3 Å². The van der Waals surface area contributed by atoms with E-state index >= 15 is 0 Å². The molecule has 96 valence electrons. The minimum Gasteiger partial charge on any atom is -0.399 e. The van der Waals surface area contributed by atoms with Gasteiger partial charge in [0.2, 0.25) is 0 Å². The fourth-order valence-corrected chi connectivity index (χ4v) is 2.55. The molecule has 0 saturated carbocycles. The van der Waals surface area contributed by atoms with E-state index in [4.69, 9.17) is 5.73 Å². The highest BCUT2D eigenvalue weighted by Gasteiger charge is 2.10. The minimum absolute atomic E-state index is 0.0384. The van der Waals surface area contributed by atoms with Crippen LogP contribution in [0.5, 0.6) is 0 Å². The van der Waals surface area contributed by atoms with Crippen LogP contribution in [0.15, 0.2) is 24.4 Å². The molecule has 3 nitrogen and oxygen atoms in total. The number of rotatable bonds is 4. The molecule has 1 atom stereocenters. The Balaban J connectivity index is 2.12. The summed E-state index contributed by atoms with van der Waals surface area (Å²) in [5, 5.41) is 4.20. The van der Waals surface area contributed by atoms with Gasteiger partial charge in [0.15, 0.2) is 0 Å². The van der Waals surface area contributed by atoms with Crippen LogP contribution in [0.4, 0.5) is 15.8 Å². The SMILES string of the molecule is CCc1cnc(C(C)Nc2cc(N)cc(F)c2)s1. The Bertz CT molecular complexity index is 519. The van der Waals surface area contributed by atoms with Gasteiger partial charge >= 0.3 is 0 Å². The first kappa shape index (κ1) is 12.8. The number of nitrogens with two attached hydrogens (primary N) is 1. The van der Waals surface area contributed by atoms with Gasteiger partial charge in [-0.2, -0.15) is 0 Å². The largest absolute Gasteiger partial charge is 0.399 e. The summed E-state index contributed by atoms with van der Waals surface area (Å²) >= 11 is 1.67. The summed E-state index contributed by atoms with van der Waals surface area (Å²) in [5.74, 6) is -0.335. The molecule has 1 unspecified atom stereocenters. The van der Waals surface area contributed by atoms with Crippen molar-refractivity contribution in [2.24, 2.45) is 0 Å². The molecule has 1 heterocycles. The predicted molar refractivity (Wildman–Crippen MR) is 74.3 cm³/mol. The van der Waals surface area contributed by atoms with Crippen LogP contribution in [0.1, 0.15) is 29.8 Å². The van der Waals surface area contributed by atoms with Gasteiger partial charge in [0.25, 0.3) is 0 Å². The molecule has 0 radical (unpaired) electrons. The number of hydrogen-bond donors (Lipinski definition) is 2. The molecule has 1 aromatic carbocycles. The van der Waals surface area contributed by atoms with Crippen molar-refractivity contribution in [1.82, 2.24) is 4.98 Å². The molecule has 0 saturated heterocycles. The number of nitrogen functional groups attached to an aromatic ring is 1. The molecule has 0 aliphatic carbocycles. The Labute approximate surface area is 110 Å². The highest BCUT2D eigenvalue weighted by molar-refractivity contribution is 7.11. The van der Waals surface area contributed by atoms with E-state index in [9.17, 15) is 4.39 Å². The quantitative estimate of drug-likeness (QED) is 0.830. The Morgan fingerprint density at radius 1 is 1.44 bits per heavy atom. The monoisotopic (exact) mass is 265 g/mol. The van der Waals surface area contributed by atoms with Gasteiger partial charge < -0.3 is 11.1 Å². The molecular weight excluding hydrogens is 249 g/mol. The molecule has 3 N–H and O–H groups in total. The van der Waals surface area contributed by atoms with Crippen LogP contribution in [0.2, 0.25) is 0 Å². The van der Waals surface area contributed by atoms with Gasteiger partial charge in [-0.1, -0.05) is 6.92 Å². The van der Waals surface area contributed by atoms with Gasteiger partial charge in [-0.3, -0.25) is 0 Å². The first-order valence-corrected chi connectivity index (χ1v) is 6.67. The smallest absolute Gasteiger partial charge is 0.127 e. The average Bonchev–Trinajstić information content (AvgIpc) is 2.75. The number of nitrogens with one attached hydrogen (secondary N) is 1. The summed E-state index contributed by atoms with van der Waals surface area (Å²) in [7, 11) is 0. The van der Waals surface area contributed by atoms with Gasteiger partial charge in [0, 0.05) is 22.4 Å². The lowest BCUT2D eigenvalue weighted by molar-refractivity contribution is 0.628. The van der Waals surface area contributed by atoms with Crippen molar-refractivity contribution in [3.8, 4) is 0 Å². The number of halogens is 1. The van der Waals surface area contributed by atoms with Crippen LogP contribution in [0, 0.1) is 5.82 Å².